The van der Waals surface area contributed by atoms with Crippen LogP contribution >= 0.6 is 11.3 Å². The molecular formula is C56H69F2N9O8S2. The molecule has 1 fully saturated rings. The highest BCUT2D eigenvalue weighted by Gasteiger charge is 2.45. The number of thiazole rings is 1. The number of nitrogens with one attached hydrogen (secondary N) is 4. The smallest absolute Gasteiger partial charge is 0.260 e. The lowest BCUT2D eigenvalue weighted by atomic mass is 9.85. The van der Waals surface area contributed by atoms with Crippen LogP contribution < -0.4 is 42.2 Å². The SMILES string of the molecule is Cc1ncsc1-c1ccc(CNC(=O)[C@@H]2C[C@H](O)CN2C(=O)[C@@H](NC(=O)CCCCCCCCCCNC(=O)C2=C3CN(c4ncc(F)cc4F)C4=C3C(=c3c(ccn(C)c3=O)=C2CS(C)(=O)=O)NCC4)C(C)(C)C)cc1. The standard InChI is InChI=1S/C56H69F2N9O8S2/c1-33-49(76-32-63-33)35-18-16-34(17-19-35)27-62-52(70)43-26-37(68)29-67(43)55(73)50(56(2,3)4)64-44(69)15-13-11-9-7-8-10-12-14-22-60-53(71)45-39-30-66(51-41(58)25-36(57)28-61-51)42-20-23-59-48(46(39)42)47-38(21-24-65(5)54(47)72)40(45)31-77(6,74)75/h16-19,21,24-25,28,32,37,43,50,59,68H,7-15,20,22-23,26-27,29-31H2,1-6H3,(H,60,71)(H,62,70)(H,64,69)/t37-,43-,50+/m0/s1. The van der Waals surface area contributed by atoms with Crippen molar-refractivity contribution in [3.63, 3.8) is 0 Å². The normalized spacial score (nSPS) is 17.7. The van der Waals surface area contributed by atoms with E-state index in [2.05, 4.69) is 31.2 Å². The van der Waals surface area contributed by atoms with E-state index in [1.807, 2.05) is 52.0 Å². The van der Waals surface area contributed by atoms with Crippen molar-refractivity contribution in [3.05, 3.63) is 120 Å². The highest BCUT2D eigenvalue weighted by molar-refractivity contribution is 7.91. The van der Waals surface area contributed by atoms with Gasteiger partial charge in [-0.25, -0.2) is 27.2 Å². The average molecular weight is 1100 g/mol. The first kappa shape index (κ1) is 56.6. The van der Waals surface area contributed by atoms with Crippen LogP contribution in [0.4, 0.5) is 14.6 Å². The summed E-state index contributed by atoms with van der Waals surface area (Å²) >= 11 is 1.56. The zero-order valence-electron chi connectivity index (χ0n) is 44.6. The van der Waals surface area contributed by atoms with Gasteiger partial charge in [0.2, 0.25) is 17.7 Å². The third-order valence-electron chi connectivity index (χ3n) is 14.6. The van der Waals surface area contributed by atoms with Crippen molar-refractivity contribution in [3.8, 4) is 10.4 Å². The molecule has 8 rings (SSSR count). The number of β-amino-alcohol motifs (C(OH)–C–C–N with tert-alkyl or cyclic N) is 1. The number of aryl methyl sites for hydroxylation is 2. The van der Waals surface area contributed by atoms with E-state index in [-0.39, 0.29) is 73.0 Å². The van der Waals surface area contributed by atoms with Gasteiger partial charge in [0, 0.05) is 87.9 Å². The largest absolute Gasteiger partial charge is 0.391 e. The Morgan fingerprint density at radius 1 is 0.974 bits per heavy atom. The number of carbonyl (C=O) groups excluding carboxylic acids is 4. The van der Waals surface area contributed by atoms with Crippen LogP contribution in [0, 0.1) is 24.0 Å². The van der Waals surface area contributed by atoms with E-state index < -0.39 is 68.2 Å². The van der Waals surface area contributed by atoms with Gasteiger partial charge >= 0.3 is 0 Å². The summed E-state index contributed by atoms with van der Waals surface area (Å²) < 4.78 is 57.0. The number of aromatic nitrogens is 3. The number of aliphatic hydroxyl groups excluding tert-OH is 1. The third kappa shape index (κ3) is 13.1. The van der Waals surface area contributed by atoms with Crippen LogP contribution in [0.25, 0.3) is 21.7 Å². The Bertz CT molecular complexity index is 3310. The van der Waals surface area contributed by atoms with Crippen molar-refractivity contribution < 1.29 is 41.5 Å². The number of benzene rings is 1. The lowest BCUT2D eigenvalue weighted by molar-refractivity contribution is -0.144. The fourth-order valence-electron chi connectivity index (χ4n) is 10.7. The van der Waals surface area contributed by atoms with E-state index in [1.165, 1.54) is 15.7 Å². The van der Waals surface area contributed by atoms with Crippen LogP contribution in [0.2, 0.25) is 0 Å². The van der Waals surface area contributed by atoms with Crippen LogP contribution in [0.1, 0.15) is 103 Å². The Morgan fingerprint density at radius 2 is 1.68 bits per heavy atom. The van der Waals surface area contributed by atoms with E-state index in [9.17, 15) is 41.9 Å². The lowest BCUT2D eigenvalue weighted by Crippen LogP contribution is -2.57. The molecular weight excluding hydrogens is 1030 g/mol. The fourth-order valence-corrected chi connectivity index (χ4v) is 12.4. The minimum Gasteiger partial charge on any atom is -0.391 e. The quantitative estimate of drug-likeness (QED) is 0.0737. The number of rotatable bonds is 21. The number of sulfone groups is 1. The van der Waals surface area contributed by atoms with Crippen molar-refractivity contribution in [1.82, 2.24) is 40.7 Å². The number of likely N-dealkylation sites (tertiary alicyclic amines) is 1. The summed E-state index contributed by atoms with van der Waals surface area (Å²) in [5.74, 6) is -4.02. The Labute approximate surface area is 451 Å². The van der Waals surface area contributed by atoms with Gasteiger partial charge in [0.25, 0.3) is 11.5 Å². The van der Waals surface area contributed by atoms with Crippen molar-refractivity contribution in [2.75, 3.05) is 43.1 Å². The van der Waals surface area contributed by atoms with Crippen LogP contribution in [0.5, 0.6) is 0 Å². The minimum atomic E-state index is -3.77. The maximum atomic E-state index is 15.4. The molecule has 1 saturated heterocycles. The molecule has 0 bridgehead atoms. The molecule has 6 heterocycles. The first-order valence-electron chi connectivity index (χ1n) is 26.3. The van der Waals surface area contributed by atoms with Gasteiger partial charge in [-0.3, -0.25) is 24.0 Å². The summed E-state index contributed by atoms with van der Waals surface area (Å²) in [7, 11) is -2.19. The van der Waals surface area contributed by atoms with Crippen LogP contribution in [0.3, 0.4) is 0 Å². The number of hydrogen-bond acceptors (Lipinski definition) is 13. The predicted molar refractivity (Wildman–Crippen MR) is 292 cm³/mol. The first-order chi connectivity index (χ1) is 36.6. The average Bonchev–Trinajstić information content (AvgIpc) is 4.32. The van der Waals surface area contributed by atoms with E-state index in [0.717, 1.165) is 78.7 Å². The van der Waals surface area contributed by atoms with E-state index in [4.69, 9.17) is 0 Å². The molecule has 5 N–H and O–H groups in total. The second-order valence-corrected chi connectivity index (χ2v) is 24.6. The molecule has 4 aromatic rings. The number of anilines is 1. The van der Waals surface area contributed by atoms with Crippen molar-refractivity contribution in [2.24, 2.45) is 12.5 Å². The van der Waals surface area contributed by atoms with Gasteiger partial charge in [-0.15, -0.1) is 11.3 Å². The molecule has 4 amide bonds. The van der Waals surface area contributed by atoms with Gasteiger partial charge < -0.3 is 40.7 Å². The number of fused-ring (bicyclic) bond motifs is 1. The molecule has 17 nitrogen and oxygen atoms in total. The number of hydrogen-bond donors (Lipinski definition) is 5. The Kier molecular flexibility index (Phi) is 17.6. The van der Waals surface area contributed by atoms with E-state index in [1.54, 1.807) is 34.9 Å². The highest BCUT2D eigenvalue weighted by atomic mass is 32.2. The second kappa shape index (κ2) is 24.0. The molecule has 1 aliphatic carbocycles. The molecule has 4 aliphatic rings. The van der Waals surface area contributed by atoms with Gasteiger partial charge in [-0.05, 0) is 58.7 Å². The van der Waals surface area contributed by atoms with Crippen molar-refractivity contribution in [2.45, 2.75) is 123 Å². The summed E-state index contributed by atoms with van der Waals surface area (Å²) in [6.07, 6.45) is 9.81. The summed E-state index contributed by atoms with van der Waals surface area (Å²) in [6, 6.07) is 8.43. The molecule has 3 atom stereocenters. The maximum Gasteiger partial charge on any atom is 0.260 e. The van der Waals surface area contributed by atoms with Crippen LogP contribution in [0.15, 0.2) is 81.5 Å². The summed E-state index contributed by atoms with van der Waals surface area (Å²) in [5.41, 5.74) is 5.75. The molecule has 0 saturated carbocycles. The summed E-state index contributed by atoms with van der Waals surface area (Å²) in [6.45, 7) is 8.33. The van der Waals surface area contributed by atoms with Crippen LogP contribution in [-0.2, 0) is 42.6 Å². The van der Waals surface area contributed by atoms with Crippen molar-refractivity contribution in [1.29, 1.82) is 0 Å². The van der Waals surface area contributed by atoms with Gasteiger partial charge in [0.05, 0.1) is 51.6 Å². The molecule has 21 heteroatoms. The molecule has 412 valence electrons. The third-order valence-corrected chi connectivity index (χ3v) is 16.4. The number of carbonyl (C=O) groups is 4. The van der Waals surface area contributed by atoms with E-state index >= 15 is 4.39 Å². The topological polar surface area (TPSA) is 225 Å². The van der Waals surface area contributed by atoms with Gasteiger partial charge in [-0.2, -0.15) is 0 Å². The Balaban J connectivity index is 0.809. The van der Waals surface area contributed by atoms with Crippen molar-refractivity contribution >= 4 is 61.9 Å². The molecule has 0 unspecified atom stereocenters. The molecule has 77 heavy (non-hydrogen) atoms. The fraction of sp³-hybridized carbons (Fsp3) is 0.482. The van der Waals surface area contributed by atoms with Gasteiger partial charge in [-0.1, -0.05) is 83.6 Å². The molecule has 1 aromatic carbocycles. The lowest BCUT2D eigenvalue weighted by Gasteiger charge is -2.35. The molecule has 0 spiro atoms. The summed E-state index contributed by atoms with van der Waals surface area (Å²) in [4.78, 5) is 81.8. The second-order valence-electron chi connectivity index (χ2n) is 21.6. The number of pyridine rings is 2. The zero-order chi connectivity index (χ0) is 55.3. The maximum absolute atomic E-state index is 15.4. The summed E-state index contributed by atoms with van der Waals surface area (Å²) in [5, 5.41) is 23.4. The first-order valence-corrected chi connectivity index (χ1v) is 29.3. The number of unbranched alkanes of at least 4 members (excludes halogenated alkanes) is 7. The highest BCUT2D eigenvalue weighted by Crippen LogP contribution is 2.43. The molecule has 3 aromatic heterocycles. The molecule has 0 radical (unpaired) electrons. The number of nitrogens with zero attached hydrogens (tertiary/aromatic N) is 5. The monoisotopic (exact) mass is 1100 g/mol. The Hall–Kier alpha value is -6.58. The van der Waals surface area contributed by atoms with E-state index in [0.29, 0.717) is 53.6 Å². The zero-order valence-corrected chi connectivity index (χ0v) is 46.2. The number of amides is 4. The predicted octanol–water partition coefficient (Wildman–Crippen LogP) is 4.31. The number of halogens is 2. The van der Waals surface area contributed by atoms with Crippen LogP contribution in [-0.4, -0.2) is 113 Å². The minimum absolute atomic E-state index is 0.0119. The molecule has 3 aliphatic heterocycles. The Morgan fingerprint density at radius 3 is 2.34 bits per heavy atom. The number of aliphatic hydroxyl groups is 1. The van der Waals surface area contributed by atoms with Gasteiger partial charge in [0.15, 0.2) is 21.5 Å². The van der Waals surface area contributed by atoms with Gasteiger partial charge in [0.1, 0.15) is 17.9 Å².